The Morgan fingerprint density at radius 3 is 2.00 bits per heavy atom. The molecule has 0 saturated heterocycles. The molecule has 0 heterocycles. The van der Waals surface area contributed by atoms with Crippen molar-refractivity contribution in [1.29, 1.82) is 0 Å². The quantitative estimate of drug-likeness (QED) is 0.911. The molecule has 0 spiro atoms. The van der Waals surface area contributed by atoms with Crippen LogP contribution in [-0.2, 0) is 16.3 Å². The van der Waals surface area contributed by atoms with Crippen LogP contribution in [0.1, 0.15) is 12.0 Å². The maximum absolute atomic E-state index is 12.2. The van der Waals surface area contributed by atoms with Gasteiger partial charge in [-0.1, -0.05) is 48.5 Å². The second-order valence-electron chi connectivity index (χ2n) is 4.42. The van der Waals surface area contributed by atoms with Gasteiger partial charge in [-0.05, 0) is 30.5 Å². The second-order valence-corrected chi connectivity index (χ2v) is 6.59. The first-order valence-electron chi connectivity index (χ1n) is 6.19. The molecule has 4 heteroatoms. The van der Waals surface area contributed by atoms with E-state index < -0.39 is 15.2 Å². The van der Waals surface area contributed by atoms with Crippen molar-refractivity contribution in [3.8, 4) is 0 Å². The smallest absolute Gasteiger partial charge is 0.193 e. The lowest BCUT2D eigenvalue weighted by molar-refractivity contribution is 0.573. The van der Waals surface area contributed by atoms with Gasteiger partial charge in [0, 0.05) is 0 Å². The largest absolute Gasteiger partial charge is 0.315 e. The molecule has 0 fully saturated rings. The van der Waals surface area contributed by atoms with Gasteiger partial charge in [-0.2, -0.15) is 0 Å². The summed E-state index contributed by atoms with van der Waals surface area (Å²) in [6.45, 7) is 0. The summed E-state index contributed by atoms with van der Waals surface area (Å²) in [5.41, 5.74) is 6.94. The third-order valence-corrected chi connectivity index (χ3v) is 4.99. The van der Waals surface area contributed by atoms with Crippen molar-refractivity contribution in [2.24, 2.45) is 5.73 Å². The summed E-state index contributed by atoms with van der Waals surface area (Å²) in [5.74, 6) is 0. The van der Waals surface area contributed by atoms with Crippen LogP contribution in [0.4, 0.5) is 0 Å². The van der Waals surface area contributed by atoms with Gasteiger partial charge in [-0.25, -0.2) is 8.42 Å². The molecule has 1 atom stereocenters. The number of hydrogen-bond acceptors (Lipinski definition) is 3. The zero-order chi connectivity index (χ0) is 13.7. The Kier molecular flexibility index (Phi) is 4.35. The van der Waals surface area contributed by atoms with E-state index in [1.807, 2.05) is 30.3 Å². The van der Waals surface area contributed by atoms with Gasteiger partial charge in [0.05, 0.1) is 4.90 Å². The molecule has 19 heavy (non-hydrogen) atoms. The Bertz CT molecular complexity index is 609. The third-order valence-electron chi connectivity index (χ3n) is 3.03. The molecule has 2 N–H and O–H groups in total. The van der Waals surface area contributed by atoms with Gasteiger partial charge in [0.2, 0.25) is 0 Å². The van der Waals surface area contributed by atoms with Crippen LogP contribution >= 0.6 is 0 Å². The Balaban J connectivity index is 2.06. The molecule has 3 nitrogen and oxygen atoms in total. The van der Waals surface area contributed by atoms with Crippen molar-refractivity contribution in [2.45, 2.75) is 23.1 Å². The van der Waals surface area contributed by atoms with Gasteiger partial charge in [0.25, 0.3) is 0 Å². The minimum Gasteiger partial charge on any atom is -0.315 e. The topological polar surface area (TPSA) is 60.2 Å². The number of nitrogens with two attached hydrogens (primary N) is 1. The average Bonchev–Trinajstić information content (AvgIpc) is 2.46. The molecular formula is C15H17NO2S. The van der Waals surface area contributed by atoms with Gasteiger partial charge < -0.3 is 5.73 Å². The van der Waals surface area contributed by atoms with Gasteiger partial charge >= 0.3 is 0 Å². The fourth-order valence-electron chi connectivity index (χ4n) is 1.89. The molecule has 2 rings (SSSR count). The van der Waals surface area contributed by atoms with E-state index in [2.05, 4.69) is 0 Å². The summed E-state index contributed by atoms with van der Waals surface area (Å²) in [6, 6.07) is 18.1. The molecule has 2 aromatic rings. The van der Waals surface area contributed by atoms with Crippen molar-refractivity contribution in [3.05, 3.63) is 66.2 Å². The van der Waals surface area contributed by atoms with Crippen molar-refractivity contribution < 1.29 is 8.42 Å². The molecule has 0 aromatic heterocycles. The van der Waals surface area contributed by atoms with E-state index in [1.165, 1.54) is 0 Å². The molecule has 0 bridgehead atoms. The van der Waals surface area contributed by atoms with E-state index in [0.29, 0.717) is 12.8 Å². The molecule has 2 aromatic carbocycles. The fourth-order valence-corrected chi connectivity index (χ4v) is 3.21. The zero-order valence-corrected chi connectivity index (χ0v) is 11.4. The Morgan fingerprint density at radius 2 is 1.42 bits per heavy atom. The van der Waals surface area contributed by atoms with Crippen LogP contribution in [0.3, 0.4) is 0 Å². The average molecular weight is 275 g/mol. The molecule has 0 unspecified atom stereocenters. The second kappa shape index (κ2) is 5.99. The van der Waals surface area contributed by atoms with E-state index in [4.69, 9.17) is 5.73 Å². The lowest BCUT2D eigenvalue weighted by Crippen LogP contribution is -2.31. The lowest BCUT2D eigenvalue weighted by Gasteiger charge is -2.13. The van der Waals surface area contributed by atoms with Crippen LogP contribution in [-0.4, -0.2) is 13.8 Å². The Hall–Kier alpha value is -1.65. The number of sulfone groups is 1. The Morgan fingerprint density at radius 1 is 0.895 bits per heavy atom. The summed E-state index contributed by atoms with van der Waals surface area (Å²) >= 11 is 0. The van der Waals surface area contributed by atoms with Crippen LogP contribution in [0.5, 0.6) is 0 Å². The zero-order valence-electron chi connectivity index (χ0n) is 10.6. The lowest BCUT2D eigenvalue weighted by atomic mass is 10.1. The predicted octanol–water partition coefficient (Wildman–Crippen LogP) is 2.38. The van der Waals surface area contributed by atoms with Gasteiger partial charge in [-0.15, -0.1) is 0 Å². The van der Waals surface area contributed by atoms with E-state index in [0.717, 1.165) is 5.56 Å². The van der Waals surface area contributed by atoms with Crippen LogP contribution in [0, 0.1) is 0 Å². The van der Waals surface area contributed by atoms with Crippen LogP contribution < -0.4 is 5.73 Å². The van der Waals surface area contributed by atoms with Crippen LogP contribution in [0.25, 0.3) is 0 Å². The highest BCUT2D eigenvalue weighted by Crippen LogP contribution is 2.16. The maximum Gasteiger partial charge on any atom is 0.193 e. The molecule has 0 saturated carbocycles. The first-order chi connectivity index (χ1) is 9.10. The van der Waals surface area contributed by atoms with E-state index in [9.17, 15) is 8.42 Å². The molecule has 0 aliphatic heterocycles. The molecule has 0 amide bonds. The van der Waals surface area contributed by atoms with Crippen molar-refractivity contribution in [1.82, 2.24) is 0 Å². The van der Waals surface area contributed by atoms with E-state index >= 15 is 0 Å². The first kappa shape index (κ1) is 13.8. The fraction of sp³-hybridized carbons (Fsp3) is 0.200. The maximum atomic E-state index is 12.2. The molecule has 0 aliphatic carbocycles. The highest BCUT2D eigenvalue weighted by Gasteiger charge is 2.23. The number of hydrogen-bond donors (Lipinski definition) is 1. The van der Waals surface area contributed by atoms with Crippen LogP contribution in [0.15, 0.2) is 65.6 Å². The highest BCUT2D eigenvalue weighted by atomic mass is 32.2. The number of aryl methyl sites for hydroxylation is 1. The van der Waals surface area contributed by atoms with Crippen LogP contribution in [0.2, 0.25) is 0 Å². The van der Waals surface area contributed by atoms with Gasteiger partial charge in [0.15, 0.2) is 9.84 Å². The summed E-state index contributed by atoms with van der Waals surface area (Å²) < 4.78 is 24.5. The molecular weight excluding hydrogens is 258 g/mol. The van der Waals surface area contributed by atoms with E-state index in [-0.39, 0.29) is 4.90 Å². The molecule has 0 radical (unpaired) electrons. The summed E-state index contributed by atoms with van der Waals surface area (Å²) in [4.78, 5) is 0.288. The first-order valence-corrected chi connectivity index (χ1v) is 7.74. The molecule has 100 valence electrons. The van der Waals surface area contributed by atoms with Gasteiger partial charge in [0.1, 0.15) is 5.37 Å². The standard InChI is InChI=1S/C15H17NO2S/c16-15(12-11-13-7-3-1-4-8-13)19(17,18)14-9-5-2-6-10-14/h1-10,15H,11-12,16H2/t15-/m0/s1. The SMILES string of the molecule is N[C@H](CCc1ccccc1)S(=O)(=O)c1ccccc1. The minimum atomic E-state index is -3.43. The normalized spacial score (nSPS) is 13.1. The summed E-state index contributed by atoms with van der Waals surface area (Å²) in [7, 11) is -3.43. The number of rotatable bonds is 5. The van der Waals surface area contributed by atoms with Crippen molar-refractivity contribution in [2.75, 3.05) is 0 Å². The third kappa shape index (κ3) is 3.43. The van der Waals surface area contributed by atoms with Crippen molar-refractivity contribution in [3.63, 3.8) is 0 Å². The summed E-state index contributed by atoms with van der Waals surface area (Å²) in [6.07, 6.45) is 1.08. The Labute approximate surface area is 114 Å². The monoisotopic (exact) mass is 275 g/mol. The minimum absolute atomic E-state index is 0.288. The van der Waals surface area contributed by atoms with Gasteiger partial charge in [-0.3, -0.25) is 0 Å². The molecule has 0 aliphatic rings. The number of benzene rings is 2. The highest BCUT2D eigenvalue weighted by molar-refractivity contribution is 7.92. The van der Waals surface area contributed by atoms with Crippen molar-refractivity contribution >= 4 is 9.84 Å². The predicted molar refractivity (Wildman–Crippen MR) is 76.4 cm³/mol. The van der Waals surface area contributed by atoms with E-state index in [1.54, 1.807) is 30.3 Å². The summed E-state index contributed by atoms with van der Waals surface area (Å²) in [5, 5.41) is -0.866.